The molecule has 2 rings (SSSR count). The molecule has 0 radical (unpaired) electrons. The lowest BCUT2D eigenvalue weighted by Crippen LogP contribution is -2.25. The molecule has 106 valence electrons. The number of rotatable bonds is 7. The molecule has 1 aromatic carbocycles. The monoisotopic (exact) mass is 351 g/mol. The molecule has 1 heterocycles. The van der Waals surface area contributed by atoms with E-state index in [0.717, 1.165) is 29.7 Å². The van der Waals surface area contributed by atoms with Crippen molar-refractivity contribution >= 4 is 33.0 Å². The zero-order valence-electron chi connectivity index (χ0n) is 11.5. The molecule has 1 aromatic heterocycles. The fourth-order valence-electron chi connectivity index (χ4n) is 2.04. The predicted octanol–water partition coefficient (Wildman–Crippen LogP) is 4.61. The van der Waals surface area contributed by atoms with Crippen molar-refractivity contribution < 1.29 is 4.79 Å². The van der Waals surface area contributed by atoms with E-state index in [1.807, 2.05) is 24.3 Å². The van der Waals surface area contributed by atoms with Gasteiger partial charge in [-0.05, 0) is 30.1 Å². The number of ketones is 1. The topological polar surface area (TPSA) is 20.3 Å². The van der Waals surface area contributed by atoms with Crippen LogP contribution in [0.1, 0.15) is 28.6 Å². The Morgan fingerprint density at radius 2 is 2.15 bits per heavy atom. The molecule has 0 bridgehead atoms. The fourth-order valence-corrected chi connectivity index (χ4v) is 3.18. The average molecular weight is 352 g/mol. The van der Waals surface area contributed by atoms with Gasteiger partial charge in [0.15, 0.2) is 5.78 Å². The van der Waals surface area contributed by atoms with Crippen molar-refractivity contribution in [3.05, 3.63) is 56.7 Å². The Kier molecular flexibility index (Phi) is 5.95. The number of Topliss-reactive ketones (excluding diaryl/α,β-unsaturated/α-hetero) is 1. The van der Waals surface area contributed by atoms with Gasteiger partial charge in [-0.3, -0.25) is 9.69 Å². The standard InChI is InChI=1S/C16H18BrNOS/c1-2-18(12-15-7-4-10-20-15)9-8-16(19)13-5-3-6-14(17)11-13/h3-7,10-11H,2,8-9,12H2,1H3. The Morgan fingerprint density at radius 3 is 2.80 bits per heavy atom. The lowest BCUT2D eigenvalue weighted by molar-refractivity contribution is 0.0964. The third-order valence-electron chi connectivity index (χ3n) is 3.21. The minimum atomic E-state index is 0.205. The molecule has 20 heavy (non-hydrogen) atoms. The Balaban J connectivity index is 1.88. The van der Waals surface area contributed by atoms with E-state index in [0.29, 0.717) is 6.42 Å². The van der Waals surface area contributed by atoms with Crippen molar-refractivity contribution in [2.45, 2.75) is 19.9 Å². The first-order chi connectivity index (χ1) is 9.69. The van der Waals surface area contributed by atoms with Crippen LogP contribution >= 0.6 is 27.3 Å². The zero-order chi connectivity index (χ0) is 14.4. The molecule has 0 aliphatic heterocycles. The molecule has 0 aliphatic carbocycles. The van der Waals surface area contributed by atoms with Crippen molar-refractivity contribution in [1.82, 2.24) is 4.90 Å². The second kappa shape index (κ2) is 7.72. The van der Waals surface area contributed by atoms with Crippen molar-refractivity contribution in [3.8, 4) is 0 Å². The summed E-state index contributed by atoms with van der Waals surface area (Å²) in [6, 6.07) is 11.8. The maximum absolute atomic E-state index is 12.2. The number of hydrogen-bond donors (Lipinski definition) is 0. The van der Waals surface area contributed by atoms with E-state index in [1.165, 1.54) is 4.88 Å². The molecule has 0 saturated heterocycles. The van der Waals surface area contributed by atoms with Crippen molar-refractivity contribution in [3.63, 3.8) is 0 Å². The summed E-state index contributed by atoms with van der Waals surface area (Å²) >= 11 is 5.17. The first kappa shape index (κ1) is 15.4. The molecule has 2 nitrogen and oxygen atoms in total. The van der Waals surface area contributed by atoms with Gasteiger partial charge >= 0.3 is 0 Å². The summed E-state index contributed by atoms with van der Waals surface area (Å²) in [5, 5.41) is 2.09. The van der Waals surface area contributed by atoms with Crippen molar-refractivity contribution in [2.24, 2.45) is 0 Å². The highest BCUT2D eigenvalue weighted by molar-refractivity contribution is 9.10. The number of nitrogens with zero attached hydrogens (tertiary/aromatic N) is 1. The Bertz CT molecular complexity index is 553. The van der Waals surface area contributed by atoms with Crippen LogP contribution < -0.4 is 0 Å². The van der Waals surface area contributed by atoms with Crippen molar-refractivity contribution in [1.29, 1.82) is 0 Å². The van der Waals surface area contributed by atoms with E-state index >= 15 is 0 Å². The van der Waals surface area contributed by atoms with Gasteiger partial charge in [-0.15, -0.1) is 11.3 Å². The molecule has 0 N–H and O–H groups in total. The van der Waals surface area contributed by atoms with Crippen LogP contribution in [0.25, 0.3) is 0 Å². The number of halogens is 1. The summed E-state index contributed by atoms with van der Waals surface area (Å²) in [4.78, 5) is 15.8. The number of carbonyl (C=O) groups is 1. The van der Waals surface area contributed by atoms with E-state index in [4.69, 9.17) is 0 Å². The van der Waals surface area contributed by atoms with E-state index in [2.05, 4.69) is 45.3 Å². The van der Waals surface area contributed by atoms with Crippen LogP contribution in [0.15, 0.2) is 46.3 Å². The van der Waals surface area contributed by atoms with Crippen LogP contribution in [-0.4, -0.2) is 23.8 Å². The summed E-state index contributed by atoms with van der Waals surface area (Å²) in [5.74, 6) is 0.205. The maximum atomic E-state index is 12.2. The van der Waals surface area contributed by atoms with Gasteiger partial charge < -0.3 is 0 Å². The van der Waals surface area contributed by atoms with Gasteiger partial charge in [0.2, 0.25) is 0 Å². The summed E-state index contributed by atoms with van der Waals surface area (Å²) < 4.78 is 0.953. The SMILES string of the molecule is CCN(CCC(=O)c1cccc(Br)c1)Cc1cccs1. The smallest absolute Gasteiger partial charge is 0.164 e. The summed E-state index contributed by atoms with van der Waals surface area (Å²) in [7, 11) is 0. The third kappa shape index (κ3) is 4.54. The molecular formula is C16H18BrNOS. The first-order valence-corrected chi connectivity index (χ1v) is 8.40. The fraction of sp³-hybridized carbons (Fsp3) is 0.312. The van der Waals surface area contributed by atoms with Gasteiger partial charge in [0.25, 0.3) is 0 Å². The normalized spacial score (nSPS) is 10.9. The van der Waals surface area contributed by atoms with Gasteiger partial charge in [0.05, 0.1) is 0 Å². The molecule has 0 atom stereocenters. The molecule has 0 fully saturated rings. The van der Waals surface area contributed by atoms with Crippen LogP contribution in [0, 0.1) is 0 Å². The maximum Gasteiger partial charge on any atom is 0.164 e. The highest BCUT2D eigenvalue weighted by Crippen LogP contribution is 2.15. The first-order valence-electron chi connectivity index (χ1n) is 6.72. The number of thiophene rings is 1. The minimum absolute atomic E-state index is 0.205. The Labute approximate surface area is 132 Å². The zero-order valence-corrected chi connectivity index (χ0v) is 13.9. The van der Waals surface area contributed by atoms with Crippen LogP contribution in [0.5, 0.6) is 0 Å². The average Bonchev–Trinajstić information content (AvgIpc) is 2.96. The lowest BCUT2D eigenvalue weighted by Gasteiger charge is -2.19. The van der Waals surface area contributed by atoms with Crippen LogP contribution in [-0.2, 0) is 6.54 Å². The van der Waals surface area contributed by atoms with E-state index < -0.39 is 0 Å². The molecule has 0 aliphatic rings. The highest BCUT2D eigenvalue weighted by Gasteiger charge is 2.10. The minimum Gasteiger partial charge on any atom is -0.298 e. The Hall–Kier alpha value is -0.970. The molecule has 0 amide bonds. The van der Waals surface area contributed by atoms with Gasteiger partial charge in [0.1, 0.15) is 0 Å². The molecule has 0 spiro atoms. The van der Waals surface area contributed by atoms with Crippen LogP contribution in [0.2, 0.25) is 0 Å². The second-order valence-corrected chi connectivity index (χ2v) is 6.58. The summed E-state index contributed by atoms with van der Waals surface area (Å²) in [5.41, 5.74) is 0.784. The van der Waals surface area contributed by atoms with Crippen molar-refractivity contribution in [2.75, 3.05) is 13.1 Å². The summed E-state index contributed by atoms with van der Waals surface area (Å²) in [6.45, 7) is 4.83. The lowest BCUT2D eigenvalue weighted by atomic mass is 10.1. The molecule has 4 heteroatoms. The number of benzene rings is 1. The second-order valence-electron chi connectivity index (χ2n) is 4.63. The van der Waals surface area contributed by atoms with Crippen LogP contribution in [0.3, 0.4) is 0 Å². The van der Waals surface area contributed by atoms with Gasteiger partial charge in [0, 0.05) is 34.4 Å². The van der Waals surface area contributed by atoms with E-state index in [9.17, 15) is 4.79 Å². The van der Waals surface area contributed by atoms with E-state index in [1.54, 1.807) is 11.3 Å². The van der Waals surface area contributed by atoms with Gasteiger partial charge in [-0.25, -0.2) is 0 Å². The molecular weight excluding hydrogens is 334 g/mol. The number of carbonyl (C=O) groups excluding carboxylic acids is 1. The highest BCUT2D eigenvalue weighted by atomic mass is 79.9. The molecule has 0 unspecified atom stereocenters. The third-order valence-corrected chi connectivity index (χ3v) is 4.56. The molecule has 2 aromatic rings. The number of hydrogen-bond acceptors (Lipinski definition) is 3. The Morgan fingerprint density at radius 1 is 1.30 bits per heavy atom. The quantitative estimate of drug-likeness (QED) is 0.679. The van der Waals surface area contributed by atoms with Gasteiger partial charge in [-0.1, -0.05) is 41.1 Å². The largest absolute Gasteiger partial charge is 0.298 e. The van der Waals surface area contributed by atoms with E-state index in [-0.39, 0.29) is 5.78 Å². The predicted molar refractivity (Wildman–Crippen MR) is 88.4 cm³/mol. The summed E-state index contributed by atoms with van der Waals surface area (Å²) in [6.07, 6.45) is 0.565. The van der Waals surface area contributed by atoms with Gasteiger partial charge in [-0.2, -0.15) is 0 Å². The molecule has 0 saturated carbocycles. The van der Waals surface area contributed by atoms with Crippen LogP contribution in [0.4, 0.5) is 0 Å².